The Morgan fingerprint density at radius 2 is 1.67 bits per heavy atom. The minimum absolute atomic E-state index is 0.0861. The number of hydrogen-bond donors (Lipinski definition) is 1. The Kier molecular flexibility index (Phi) is 7.41. The van der Waals surface area contributed by atoms with Crippen LogP contribution in [-0.2, 0) is 16.2 Å². The Morgan fingerprint density at radius 3 is 2.40 bits per heavy atom. The number of anilines is 1. The number of halogens is 1. The first kappa shape index (κ1) is 27.2. The Balaban J connectivity index is 1.48. The predicted octanol–water partition coefficient (Wildman–Crippen LogP) is 7.04. The molecular weight excluding hydrogens is 555 g/mol. The molecule has 0 aliphatic carbocycles. The summed E-state index contributed by atoms with van der Waals surface area (Å²) in [7, 11) is 0. The molecule has 42 heavy (non-hydrogen) atoms. The van der Waals surface area contributed by atoms with Crippen molar-refractivity contribution in [3.8, 4) is 11.5 Å². The summed E-state index contributed by atoms with van der Waals surface area (Å²) in [5.74, 6) is -1.54. The van der Waals surface area contributed by atoms with Crippen molar-refractivity contribution in [2.75, 3.05) is 11.5 Å². The molecule has 6 rings (SSSR count). The summed E-state index contributed by atoms with van der Waals surface area (Å²) < 4.78 is 26.5. The average molecular weight is 581 g/mol. The highest BCUT2D eigenvalue weighted by Crippen LogP contribution is 2.46. The van der Waals surface area contributed by atoms with Gasteiger partial charge in [-0.25, -0.2) is 9.37 Å². The van der Waals surface area contributed by atoms with Gasteiger partial charge in [0.2, 0.25) is 0 Å². The van der Waals surface area contributed by atoms with Gasteiger partial charge in [0.1, 0.15) is 18.2 Å². The van der Waals surface area contributed by atoms with Crippen molar-refractivity contribution in [1.29, 1.82) is 0 Å². The second-order valence-electron chi connectivity index (χ2n) is 9.56. The maximum Gasteiger partial charge on any atom is 0.301 e. The lowest BCUT2D eigenvalue weighted by Crippen LogP contribution is -2.29. The molecule has 7 nitrogen and oxygen atoms in total. The van der Waals surface area contributed by atoms with Crippen molar-refractivity contribution in [3.05, 3.63) is 125 Å². The smallest absolute Gasteiger partial charge is 0.301 e. The van der Waals surface area contributed by atoms with E-state index in [4.69, 9.17) is 9.47 Å². The number of rotatable bonds is 8. The molecule has 2 heterocycles. The first-order chi connectivity index (χ1) is 20.4. The van der Waals surface area contributed by atoms with E-state index in [-0.39, 0.29) is 16.5 Å². The zero-order valence-electron chi connectivity index (χ0n) is 22.5. The van der Waals surface area contributed by atoms with E-state index in [1.807, 2.05) is 37.3 Å². The van der Waals surface area contributed by atoms with Crippen LogP contribution in [-0.4, -0.2) is 28.4 Å². The second-order valence-corrected chi connectivity index (χ2v) is 10.6. The van der Waals surface area contributed by atoms with Gasteiger partial charge in [-0.15, -0.1) is 0 Å². The van der Waals surface area contributed by atoms with Gasteiger partial charge in [0, 0.05) is 5.56 Å². The number of carbonyl (C=O) groups excluding carboxylic acids is 2. The number of carbonyl (C=O) groups is 2. The third kappa shape index (κ3) is 5.10. The highest BCUT2D eigenvalue weighted by atomic mass is 32.1. The SMILES string of the molecule is CCOc1cc(C2/C(=C(\O)c3ccccc3)C(=O)C(=O)N2c2nc3ccc(F)cc3s2)ccc1OCc1ccccc1. The molecule has 1 atom stereocenters. The number of Topliss-reactive ketones (excluding diaryl/α,β-unsaturated/α-hetero) is 1. The van der Waals surface area contributed by atoms with E-state index >= 15 is 0 Å². The van der Waals surface area contributed by atoms with Gasteiger partial charge >= 0.3 is 5.91 Å². The summed E-state index contributed by atoms with van der Waals surface area (Å²) in [6, 6.07) is 26.5. The summed E-state index contributed by atoms with van der Waals surface area (Å²) in [6.45, 7) is 2.50. The van der Waals surface area contributed by atoms with E-state index in [9.17, 15) is 19.1 Å². The summed E-state index contributed by atoms with van der Waals surface area (Å²) in [5, 5.41) is 11.6. The topological polar surface area (TPSA) is 89.0 Å². The Morgan fingerprint density at radius 1 is 0.929 bits per heavy atom. The van der Waals surface area contributed by atoms with Gasteiger partial charge < -0.3 is 14.6 Å². The highest BCUT2D eigenvalue weighted by molar-refractivity contribution is 7.22. The molecule has 1 saturated heterocycles. The number of ether oxygens (including phenoxy) is 2. The average Bonchev–Trinajstić information content (AvgIpc) is 3.54. The van der Waals surface area contributed by atoms with Gasteiger partial charge in [-0.05, 0) is 48.4 Å². The molecule has 0 spiro atoms. The van der Waals surface area contributed by atoms with Crippen LogP contribution in [0.2, 0.25) is 0 Å². The fourth-order valence-corrected chi connectivity index (χ4v) is 5.92. The Labute approximate surface area is 245 Å². The minimum atomic E-state index is -1.03. The summed E-state index contributed by atoms with van der Waals surface area (Å²) >= 11 is 1.09. The maximum absolute atomic E-state index is 14.0. The number of aromatic nitrogens is 1. The van der Waals surface area contributed by atoms with Gasteiger partial charge in [0.15, 0.2) is 16.6 Å². The van der Waals surface area contributed by atoms with Gasteiger partial charge in [-0.1, -0.05) is 78.1 Å². The fraction of sp³-hybridized carbons (Fsp3) is 0.121. The molecule has 0 radical (unpaired) electrons. The quantitative estimate of drug-likeness (QED) is 0.120. The standard InChI is InChI=1S/C33H25FN2O5S/c1-2-40-26-17-22(13-16-25(26)41-19-20-9-5-3-6-10-20)29-28(30(37)21-11-7-4-8-12-21)31(38)32(39)36(29)33-35-24-15-14-23(34)18-27(24)42-33/h3-18,29,37H,2,19H2,1H3/b30-28+. The van der Waals surface area contributed by atoms with Crippen LogP contribution >= 0.6 is 11.3 Å². The van der Waals surface area contributed by atoms with Crippen LogP contribution in [0.1, 0.15) is 29.7 Å². The molecule has 1 aliphatic heterocycles. The zero-order chi connectivity index (χ0) is 29.2. The second kappa shape index (κ2) is 11.5. The van der Waals surface area contributed by atoms with Crippen LogP contribution in [0, 0.1) is 5.82 Å². The molecule has 4 aromatic carbocycles. The third-order valence-corrected chi connectivity index (χ3v) is 7.87. The van der Waals surface area contributed by atoms with Crippen LogP contribution in [0.5, 0.6) is 11.5 Å². The van der Waals surface area contributed by atoms with Crippen LogP contribution in [0.3, 0.4) is 0 Å². The molecule has 1 aromatic heterocycles. The zero-order valence-corrected chi connectivity index (χ0v) is 23.3. The molecule has 1 amide bonds. The summed E-state index contributed by atoms with van der Waals surface area (Å²) in [6.07, 6.45) is 0. The molecule has 210 valence electrons. The van der Waals surface area contributed by atoms with Crippen LogP contribution in [0.4, 0.5) is 9.52 Å². The monoisotopic (exact) mass is 580 g/mol. The lowest BCUT2D eigenvalue weighted by molar-refractivity contribution is -0.132. The number of nitrogens with zero attached hydrogens (tertiary/aromatic N) is 2. The predicted molar refractivity (Wildman–Crippen MR) is 159 cm³/mol. The number of amides is 1. The van der Waals surface area contributed by atoms with Crippen molar-refractivity contribution in [1.82, 2.24) is 4.98 Å². The first-order valence-electron chi connectivity index (χ1n) is 13.3. The first-order valence-corrected chi connectivity index (χ1v) is 14.1. The van der Waals surface area contributed by atoms with Crippen LogP contribution in [0.25, 0.3) is 16.0 Å². The van der Waals surface area contributed by atoms with E-state index in [0.29, 0.717) is 46.1 Å². The molecule has 1 aliphatic rings. The Bertz CT molecular complexity index is 1820. The number of ketones is 1. The number of aliphatic hydroxyl groups excluding tert-OH is 1. The number of hydrogen-bond acceptors (Lipinski definition) is 7. The van der Waals surface area contributed by atoms with Crippen molar-refractivity contribution in [2.24, 2.45) is 0 Å². The van der Waals surface area contributed by atoms with Crippen molar-refractivity contribution in [2.45, 2.75) is 19.6 Å². The van der Waals surface area contributed by atoms with Gasteiger partial charge in [-0.3, -0.25) is 14.5 Å². The van der Waals surface area contributed by atoms with Crippen LogP contribution < -0.4 is 14.4 Å². The molecule has 5 aromatic rings. The normalized spacial score (nSPS) is 16.2. The van der Waals surface area contributed by atoms with Gasteiger partial charge in [0.05, 0.1) is 28.4 Å². The lowest BCUT2D eigenvalue weighted by atomic mass is 9.95. The summed E-state index contributed by atoms with van der Waals surface area (Å²) in [4.78, 5) is 32.9. The third-order valence-electron chi connectivity index (χ3n) is 6.86. The molecule has 9 heteroatoms. The molecule has 1 fully saturated rings. The van der Waals surface area contributed by atoms with E-state index in [1.54, 1.807) is 48.5 Å². The van der Waals surface area contributed by atoms with E-state index in [0.717, 1.165) is 16.9 Å². The highest BCUT2D eigenvalue weighted by Gasteiger charge is 2.48. The van der Waals surface area contributed by atoms with Gasteiger partial charge in [0.25, 0.3) is 5.78 Å². The molecule has 0 saturated carbocycles. The van der Waals surface area contributed by atoms with Crippen molar-refractivity contribution >= 4 is 44.1 Å². The molecule has 1 N–H and O–H groups in total. The van der Waals surface area contributed by atoms with E-state index in [1.165, 1.54) is 23.1 Å². The van der Waals surface area contributed by atoms with Crippen LogP contribution in [0.15, 0.2) is 103 Å². The lowest BCUT2D eigenvalue weighted by Gasteiger charge is -2.24. The largest absolute Gasteiger partial charge is 0.507 e. The van der Waals surface area contributed by atoms with Crippen molar-refractivity contribution in [3.63, 3.8) is 0 Å². The van der Waals surface area contributed by atoms with Crippen molar-refractivity contribution < 1.29 is 28.6 Å². The summed E-state index contributed by atoms with van der Waals surface area (Å²) in [5.41, 5.74) is 2.27. The van der Waals surface area contributed by atoms with E-state index < -0.39 is 23.5 Å². The number of thiazole rings is 1. The number of aliphatic hydroxyl groups is 1. The van der Waals surface area contributed by atoms with E-state index in [2.05, 4.69) is 4.98 Å². The Hall–Kier alpha value is -5.02. The number of benzene rings is 4. The molecular formula is C33H25FN2O5S. The van der Waals surface area contributed by atoms with Gasteiger partial charge in [-0.2, -0.15) is 0 Å². The molecule has 0 bridgehead atoms. The maximum atomic E-state index is 14.0. The molecule has 1 unspecified atom stereocenters. The minimum Gasteiger partial charge on any atom is -0.507 e. The number of fused-ring (bicyclic) bond motifs is 1. The fourth-order valence-electron chi connectivity index (χ4n) is 4.90.